The number of carbonyl (C=O) groups excluding carboxylic acids is 2. The molecule has 5 rings (SSSR count). The Labute approximate surface area is 217 Å². The number of nitrogens with two attached hydrogens (primary N) is 1. The zero-order chi connectivity index (χ0) is 24.9. The number of Topliss-reactive ketones (excluding diaryl/α,β-unsaturated/α-hetero) is 1. The fraction of sp³-hybridized carbons (Fsp3) is 0.800. The molecule has 4 N–H and O–H groups in total. The SMILES string of the molecule is CCCC(N)C(=O)NC1CCCN1C1C(F)CC2C(=O)C(C(=O)O)=CN3C4CCCCC4OC1C23.Cl. The van der Waals surface area contributed by atoms with Crippen LogP contribution in [0, 0.1) is 5.92 Å². The molecule has 0 spiro atoms. The van der Waals surface area contributed by atoms with Crippen molar-refractivity contribution in [2.24, 2.45) is 11.7 Å². The maximum absolute atomic E-state index is 16.0. The van der Waals surface area contributed by atoms with Crippen molar-refractivity contribution in [1.29, 1.82) is 0 Å². The predicted molar refractivity (Wildman–Crippen MR) is 132 cm³/mol. The molecule has 2 aliphatic carbocycles. The highest BCUT2D eigenvalue weighted by atomic mass is 35.5. The Hall–Kier alpha value is -1.75. The van der Waals surface area contributed by atoms with Crippen molar-refractivity contribution in [1.82, 2.24) is 15.1 Å². The monoisotopic (exact) mass is 528 g/mol. The zero-order valence-electron chi connectivity index (χ0n) is 20.7. The first-order chi connectivity index (χ1) is 16.8. The summed E-state index contributed by atoms with van der Waals surface area (Å²) in [6.07, 6.45) is 5.65. The number of hydrogen-bond acceptors (Lipinski definition) is 7. The molecule has 0 radical (unpaired) electrons. The van der Waals surface area contributed by atoms with E-state index in [0.717, 1.165) is 38.5 Å². The molecule has 1 amide bonds. The van der Waals surface area contributed by atoms with Crippen molar-refractivity contribution in [3.63, 3.8) is 0 Å². The van der Waals surface area contributed by atoms with E-state index >= 15 is 4.39 Å². The standard InChI is InChI=1S/C25H37FN4O5.ClH/c1-2-6-16(27)24(32)28-19-9-5-10-29(19)21-15(26)11-13-20-23(21)35-18-8-4-3-7-17(18)30(20)12-14(22(13)31)25(33)34;/h12-13,15-21,23H,2-11,27H2,1H3,(H,28,32)(H,33,34);1H. The van der Waals surface area contributed by atoms with Crippen molar-refractivity contribution >= 4 is 30.1 Å². The number of rotatable bonds is 6. The average Bonchev–Trinajstić information content (AvgIpc) is 3.27. The number of carboxylic acids is 1. The quantitative estimate of drug-likeness (QED) is 0.445. The Morgan fingerprint density at radius 3 is 2.72 bits per heavy atom. The summed E-state index contributed by atoms with van der Waals surface area (Å²) in [4.78, 5) is 41.7. The minimum atomic E-state index is -1.37. The van der Waals surface area contributed by atoms with Crippen LogP contribution in [0.5, 0.6) is 0 Å². The Kier molecular flexibility index (Phi) is 8.29. The van der Waals surface area contributed by atoms with Gasteiger partial charge in [0.05, 0.1) is 42.5 Å². The highest BCUT2D eigenvalue weighted by Gasteiger charge is 2.60. The van der Waals surface area contributed by atoms with E-state index in [-0.39, 0.29) is 48.6 Å². The lowest BCUT2D eigenvalue weighted by Crippen LogP contribution is -2.73. The van der Waals surface area contributed by atoms with Gasteiger partial charge in [0.25, 0.3) is 0 Å². The van der Waals surface area contributed by atoms with Crippen LogP contribution in [-0.4, -0.2) is 87.8 Å². The number of hydrogen-bond donors (Lipinski definition) is 3. The minimum Gasteiger partial charge on any atom is -0.478 e. The first kappa shape index (κ1) is 27.3. The number of carbonyl (C=O) groups is 3. The highest BCUT2D eigenvalue weighted by Crippen LogP contribution is 2.47. The lowest BCUT2D eigenvalue weighted by molar-refractivity contribution is -0.213. The summed E-state index contributed by atoms with van der Waals surface area (Å²) in [6, 6.07) is -1.63. The van der Waals surface area contributed by atoms with E-state index in [0.29, 0.717) is 19.4 Å². The van der Waals surface area contributed by atoms with E-state index in [1.165, 1.54) is 6.20 Å². The number of halogens is 2. The van der Waals surface area contributed by atoms with E-state index < -0.39 is 48.1 Å². The van der Waals surface area contributed by atoms with Crippen LogP contribution in [0.4, 0.5) is 4.39 Å². The van der Waals surface area contributed by atoms with Crippen LogP contribution < -0.4 is 11.1 Å². The van der Waals surface area contributed by atoms with Gasteiger partial charge in [-0.05, 0) is 38.5 Å². The lowest BCUT2D eigenvalue weighted by atomic mass is 9.69. The average molecular weight is 529 g/mol. The number of nitrogens with one attached hydrogen (secondary N) is 1. The number of fused-ring (bicyclic) bond motifs is 2. The summed E-state index contributed by atoms with van der Waals surface area (Å²) in [6.45, 7) is 2.59. The van der Waals surface area contributed by atoms with Gasteiger partial charge in [-0.3, -0.25) is 14.5 Å². The van der Waals surface area contributed by atoms with Gasteiger partial charge < -0.3 is 25.8 Å². The highest BCUT2D eigenvalue weighted by molar-refractivity contribution is 6.18. The Morgan fingerprint density at radius 1 is 1.25 bits per heavy atom. The van der Waals surface area contributed by atoms with Gasteiger partial charge in [0.1, 0.15) is 11.7 Å². The Bertz CT molecular complexity index is 906. The van der Waals surface area contributed by atoms with Crippen LogP contribution in [0.15, 0.2) is 11.8 Å². The molecular formula is C25H38ClFN4O5. The number of alkyl halides is 1. The van der Waals surface area contributed by atoms with Gasteiger partial charge in [0.2, 0.25) is 5.91 Å². The molecule has 0 aromatic carbocycles. The number of likely N-dealkylation sites (tertiary alicyclic amines) is 1. The third kappa shape index (κ3) is 4.66. The molecule has 3 aliphatic heterocycles. The van der Waals surface area contributed by atoms with E-state index in [1.807, 2.05) is 16.7 Å². The molecule has 3 heterocycles. The van der Waals surface area contributed by atoms with Crippen molar-refractivity contribution < 1.29 is 28.6 Å². The fourth-order valence-electron chi connectivity index (χ4n) is 7.12. The third-order valence-corrected chi connectivity index (χ3v) is 8.70. The van der Waals surface area contributed by atoms with Crippen molar-refractivity contribution in [2.75, 3.05) is 6.54 Å². The van der Waals surface area contributed by atoms with Gasteiger partial charge in [-0.25, -0.2) is 9.18 Å². The zero-order valence-corrected chi connectivity index (χ0v) is 21.5. The predicted octanol–water partition coefficient (Wildman–Crippen LogP) is 1.73. The molecule has 0 aromatic heterocycles. The normalized spacial score (nSPS) is 38.8. The first-order valence-corrected chi connectivity index (χ1v) is 13.2. The summed E-state index contributed by atoms with van der Waals surface area (Å²) in [7, 11) is 0. The van der Waals surface area contributed by atoms with Crippen LogP contribution in [0.3, 0.4) is 0 Å². The molecule has 0 aromatic rings. The lowest BCUT2D eigenvalue weighted by Gasteiger charge is -2.60. The number of ketones is 1. The molecule has 5 aliphatic rings. The molecule has 0 bridgehead atoms. The van der Waals surface area contributed by atoms with Crippen LogP contribution in [0.2, 0.25) is 0 Å². The maximum atomic E-state index is 16.0. The summed E-state index contributed by atoms with van der Waals surface area (Å²) >= 11 is 0. The molecular weight excluding hydrogens is 491 g/mol. The van der Waals surface area contributed by atoms with Crippen molar-refractivity contribution in [3.8, 4) is 0 Å². The Balaban J connectivity index is 0.00000304. The van der Waals surface area contributed by atoms with Gasteiger partial charge in [0.15, 0.2) is 5.78 Å². The number of nitrogens with zero attached hydrogens (tertiary/aromatic N) is 2. The molecule has 9 nitrogen and oxygen atoms in total. The van der Waals surface area contributed by atoms with E-state index in [2.05, 4.69) is 5.32 Å². The van der Waals surface area contributed by atoms with E-state index in [9.17, 15) is 19.5 Å². The van der Waals surface area contributed by atoms with Crippen LogP contribution >= 0.6 is 12.4 Å². The number of morpholine rings is 1. The molecule has 11 heteroatoms. The minimum absolute atomic E-state index is 0. The van der Waals surface area contributed by atoms with E-state index in [1.54, 1.807) is 0 Å². The van der Waals surface area contributed by atoms with Crippen LogP contribution in [0.1, 0.15) is 64.7 Å². The second-order valence-corrected chi connectivity index (χ2v) is 10.8. The molecule has 2 saturated heterocycles. The summed E-state index contributed by atoms with van der Waals surface area (Å²) < 4.78 is 22.6. The smallest absolute Gasteiger partial charge is 0.340 e. The van der Waals surface area contributed by atoms with Gasteiger partial charge in [-0.15, -0.1) is 12.4 Å². The number of ether oxygens (including phenoxy) is 1. The number of amides is 1. The van der Waals surface area contributed by atoms with Crippen LogP contribution in [-0.2, 0) is 19.1 Å². The van der Waals surface area contributed by atoms with Crippen molar-refractivity contribution in [3.05, 3.63) is 11.8 Å². The third-order valence-electron chi connectivity index (χ3n) is 8.70. The topological polar surface area (TPSA) is 125 Å². The molecule has 202 valence electrons. The maximum Gasteiger partial charge on any atom is 0.340 e. The second kappa shape index (κ2) is 10.9. The Morgan fingerprint density at radius 2 is 2.00 bits per heavy atom. The van der Waals surface area contributed by atoms with Crippen LogP contribution in [0.25, 0.3) is 0 Å². The summed E-state index contributed by atoms with van der Waals surface area (Å²) in [5.74, 6) is -2.74. The van der Waals surface area contributed by atoms with Crippen molar-refractivity contribution in [2.45, 2.75) is 113 Å². The number of carboxylic acid groups (broad SMARTS) is 1. The largest absolute Gasteiger partial charge is 0.478 e. The molecule has 9 atom stereocenters. The number of aliphatic carboxylic acids is 1. The van der Waals surface area contributed by atoms with Gasteiger partial charge in [-0.2, -0.15) is 0 Å². The summed E-state index contributed by atoms with van der Waals surface area (Å²) in [5, 5.41) is 12.7. The van der Waals surface area contributed by atoms with E-state index in [4.69, 9.17) is 10.5 Å². The second-order valence-electron chi connectivity index (χ2n) is 10.8. The molecule has 4 fully saturated rings. The first-order valence-electron chi connectivity index (χ1n) is 13.2. The van der Waals surface area contributed by atoms with Gasteiger partial charge in [0, 0.05) is 18.7 Å². The van der Waals surface area contributed by atoms with Gasteiger partial charge >= 0.3 is 5.97 Å². The van der Waals surface area contributed by atoms with Gasteiger partial charge in [-0.1, -0.05) is 26.2 Å². The molecule has 9 unspecified atom stereocenters. The fourth-order valence-corrected chi connectivity index (χ4v) is 7.12. The summed E-state index contributed by atoms with van der Waals surface area (Å²) in [5.41, 5.74) is 5.77. The molecule has 2 saturated carbocycles. The molecule has 36 heavy (non-hydrogen) atoms.